The molecule has 0 spiro atoms. The van der Waals surface area contributed by atoms with Gasteiger partial charge in [-0.2, -0.15) is 0 Å². The van der Waals surface area contributed by atoms with E-state index in [-0.39, 0.29) is 0 Å². The van der Waals surface area contributed by atoms with E-state index in [2.05, 4.69) is 32.9 Å². The van der Waals surface area contributed by atoms with Gasteiger partial charge in [-0.25, -0.2) is 0 Å². The van der Waals surface area contributed by atoms with E-state index in [0.29, 0.717) is 0 Å². The van der Waals surface area contributed by atoms with Crippen molar-refractivity contribution in [3.05, 3.63) is 17.0 Å². The number of thiophene rings is 1. The highest BCUT2D eigenvalue weighted by atomic mass is 32.2. The van der Waals surface area contributed by atoms with Crippen LogP contribution in [-0.4, -0.2) is 5.75 Å². The highest BCUT2D eigenvalue weighted by molar-refractivity contribution is 8.01. The van der Waals surface area contributed by atoms with E-state index in [1.54, 1.807) is 0 Å². The van der Waals surface area contributed by atoms with Crippen LogP contribution >= 0.6 is 23.1 Å². The Bertz CT molecular complexity index is 265. The molecule has 86 valence electrons. The molecular formula is C13H22S2. The van der Waals surface area contributed by atoms with Crippen LogP contribution in [0.15, 0.2) is 16.3 Å². The minimum atomic E-state index is 0.914. The SMILES string of the molecule is CCCCC(CC)CSc1ccc(C)s1. The summed E-state index contributed by atoms with van der Waals surface area (Å²) in [6.45, 7) is 6.78. The first-order chi connectivity index (χ1) is 7.26. The van der Waals surface area contributed by atoms with Crippen molar-refractivity contribution in [3.63, 3.8) is 0 Å². The molecule has 1 aromatic heterocycles. The number of unbranched alkanes of at least 4 members (excludes halogenated alkanes) is 1. The first kappa shape index (κ1) is 13.1. The molecule has 0 fully saturated rings. The van der Waals surface area contributed by atoms with Gasteiger partial charge in [0.2, 0.25) is 0 Å². The molecule has 0 aliphatic heterocycles. The topological polar surface area (TPSA) is 0 Å². The van der Waals surface area contributed by atoms with Gasteiger partial charge in [-0.3, -0.25) is 0 Å². The van der Waals surface area contributed by atoms with E-state index in [0.717, 1.165) is 5.92 Å². The van der Waals surface area contributed by atoms with Gasteiger partial charge in [0, 0.05) is 10.6 Å². The van der Waals surface area contributed by atoms with Crippen LogP contribution in [0.5, 0.6) is 0 Å². The Morgan fingerprint density at radius 1 is 1.33 bits per heavy atom. The molecule has 0 N–H and O–H groups in total. The monoisotopic (exact) mass is 242 g/mol. The van der Waals surface area contributed by atoms with E-state index >= 15 is 0 Å². The van der Waals surface area contributed by atoms with Crippen LogP contribution in [0.2, 0.25) is 0 Å². The third-order valence-corrected chi connectivity index (χ3v) is 5.18. The fourth-order valence-corrected chi connectivity index (χ4v) is 3.98. The minimum Gasteiger partial charge on any atom is -0.134 e. The van der Waals surface area contributed by atoms with Crippen molar-refractivity contribution in [2.24, 2.45) is 5.92 Å². The molecule has 0 bridgehead atoms. The van der Waals surface area contributed by atoms with Crippen molar-refractivity contribution in [2.45, 2.75) is 50.7 Å². The lowest BCUT2D eigenvalue weighted by molar-refractivity contribution is 0.499. The normalized spacial score (nSPS) is 13.0. The summed E-state index contributed by atoms with van der Waals surface area (Å²) in [5.74, 6) is 2.22. The predicted octanol–water partition coefficient (Wildman–Crippen LogP) is 5.37. The summed E-state index contributed by atoms with van der Waals surface area (Å²) in [6, 6.07) is 4.48. The lowest BCUT2D eigenvalue weighted by Gasteiger charge is -2.12. The molecule has 0 radical (unpaired) electrons. The molecule has 0 amide bonds. The second kappa shape index (κ2) is 7.34. The van der Waals surface area contributed by atoms with Gasteiger partial charge in [0.05, 0.1) is 4.21 Å². The van der Waals surface area contributed by atoms with Gasteiger partial charge in [-0.15, -0.1) is 23.1 Å². The molecule has 0 aromatic carbocycles. The van der Waals surface area contributed by atoms with E-state index < -0.39 is 0 Å². The van der Waals surface area contributed by atoms with Crippen LogP contribution in [0.4, 0.5) is 0 Å². The number of aryl methyl sites for hydroxylation is 1. The third kappa shape index (κ3) is 5.07. The summed E-state index contributed by atoms with van der Waals surface area (Å²) < 4.78 is 1.49. The standard InChI is InChI=1S/C13H22S2/c1-4-6-7-12(5-2)10-14-13-9-8-11(3)15-13/h8-9,12H,4-7,10H2,1-3H3. The second-order valence-electron chi connectivity index (χ2n) is 4.09. The summed E-state index contributed by atoms with van der Waals surface area (Å²) in [5.41, 5.74) is 0. The summed E-state index contributed by atoms with van der Waals surface area (Å²) in [4.78, 5) is 1.43. The van der Waals surface area contributed by atoms with Crippen molar-refractivity contribution in [1.82, 2.24) is 0 Å². The zero-order valence-electron chi connectivity index (χ0n) is 10.1. The van der Waals surface area contributed by atoms with Gasteiger partial charge in [0.15, 0.2) is 0 Å². The van der Waals surface area contributed by atoms with Gasteiger partial charge >= 0.3 is 0 Å². The van der Waals surface area contributed by atoms with Crippen molar-refractivity contribution in [1.29, 1.82) is 0 Å². The average Bonchev–Trinajstić information content (AvgIpc) is 2.65. The number of hydrogen-bond acceptors (Lipinski definition) is 2. The summed E-state index contributed by atoms with van der Waals surface area (Å²) >= 11 is 3.97. The lowest BCUT2D eigenvalue weighted by Crippen LogP contribution is -2.01. The van der Waals surface area contributed by atoms with Crippen molar-refractivity contribution < 1.29 is 0 Å². The van der Waals surface area contributed by atoms with Gasteiger partial charge < -0.3 is 0 Å². The second-order valence-corrected chi connectivity index (χ2v) is 6.70. The Kier molecular flexibility index (Phi) is 6.42. The molecule has 0 saturated heterocycles. The molecule has 1 atom stereocenters. The Morgan fingerprint density at radius 3 is 2.67 bits per heavy atom. The maximum Gasteiger partial charge on any atom is 0.0601 e. The van der Waals surface area contributed by atoms with Gasteiger partial charge in [0.1, 0.15) is 0 Å². The molecule has 1 unspecified atom stereocenters. The maximum absolute atomic E-state index is 2.32. The number of rotatable bonds is 7. The molecule has 0 nitrogen and oxygen atoms in total. The molecule has 0 aliphatic carbocycles. The summed E-state index contributed by atoms with van der Waals surface area (Å²) in [6.07, 6.45) is 5.46. The largest absolute Gasteiger partial charge is 0.134 e. The Hall–Kier alpha value is 0.0500. The van der Waals surface area contributed by atoms with E-state index in [1.807, 2.05) is 23.1 Å². The van der Waals surface area contributed by atoms with Crippen molar-refractivity contribution in [2.75, 3.05) is 5.75 Å². The van der Waals surface area contributed by atoms with Crippen LogP contribution < -0.4 is 0 Å². The fourth-order valence-electron chi connectivity index (χ4n) is 1.59. The van der Waals surface area contributed by atoms with Crippen LogP contribution in [0.3, 0.4) is 0 Å². The number of hydrogen-bond donors (Lipinski definition) is 0. The molecule has 1 aromatic rings. The molecule has 0 saturated carbocycles. The first-order valence-electron chi connectivity index (χ1n) is 5.95. The quantitative estimate of drug-likeness (QED) is 0.580. The van der Waals surface area contributed by atoms with Gasteiger partial charge in [-0.1, -0.05) is 33.1 Å². The Morgan fingerprint density at radius 2 is 2.13 bits per heavy atom. The molecular weight excluding hydrogens is 220 g/mol. The van der Waals surface area contributed by atoms with Gasteiger partial charge in [0.25, 0.3) is 0 Å². The smallest absolute Gasteiger partial charge is 0.0601 e. The summed E-state index contributed by atoms with van der Waals surface area (Å²) in [5, 5.41) is 0. The molecule has 1 heterocycles. The van der Waals surface area contributed by atoms with Crippen LogP contribution in [0.1, 0.15) is 44.4 Å². The zero-order chi connectivity index (χ0) is 11.1. The molecule has 0 aliphatic rings. The highest BCUT2D eigenvalue weighted by Crippen LogP contribution is 2.30. The molecule has 2 heteroatoms. The maximum atomic E-state index is 2.32. The lowest BCUT2D eigenvalue weighted by atomic mass is 10.0. The van der Waals surface area contributed by atoms with E-state index in [4.69, 9.17) is 0 Å². The fraction of sp³-hybridized carbons (Fsp3) is 0.692. The van der Waals surface area contributed by atoms with E-state index in [9.17, 15) is 0 Å². The predicted molar refractivity (Wildman–Crippen MR) is 73.1 cm³/mol. The highest BCUT2D eigenvalue weighted by Gasteiger charge is 2.07. The van der Waals surface area contributed by atoms with Crippen LogP contribution in [-0.2, 0) is 0 Å². The van der Waals surface area contributed by atoms with Crippen molar-refractivity contribution >= 4 is 23.1 Å². The Balaban J connectivity index is 2.27. The number of thioether (sulfide) groups is 1. The molecule has 1 rings (SSSR count). The first-order valence-corrected chi connectivity index (χ1v) is 7.75. The third-order valence-electron chi connectivity index (χ3n) is 2.72. The summed E-state index contributed by atoms with van der Waals surface area (Å²) in [7, 11) is 0. The van der Waals surface area contributed by atoms with Crippen LogP contribution in [0, 0.1) is 12.8 Å². The minimum absolute atomic E-state index is 0.914. The van der Waals surface area contributed by atoms with Crippen LogP contribution in [0.25, 0.3) is 0 Å². The van der Waals surface area contributed by atoms with Gasteiger partial charge in [-0.05, 0) is 31.4 Å². The zero-order valence-corrected chi connectivity index (χ0v) is 11.7. The average molecular weight is 242 g/mol. The van der Waals surface area contributed by atoms with E-state index in [1.165, 1.54) is 40.5 Å². The molecule has 15 heavy (non-hydrogen) atoms. The van der Waals surface area contributed by atoms with Crippen molar-refractivity contribution in [3.8, 4) is 0 Å². The Labute approximate surface area is 102 Å².